The molecule has 0 radical (unpaired) electrons. The molecule has 0 spiro atoms. The smallest absolute Gasteiger partial charge is 0.150 e. The molecule has 1 aliphatic rings. The van der Waals surface area contributed by atoms with Gasteiger partial charge in [0, 0.05) is 12.6 Å². The van der Waals surface area contributed by atoms with Crippen LogP contribution in [0.25, 0.3) is 0 Å². The highest BCUT2D eigenvalue weighted by molar-refractivity contribution is 6.37. The molecule has 0 aromatic carbocycles. The normalized spacial score (nSPS) is 21.2. The number of anilines is 2. The molecular weight excluding hydrogens is 245 g/mol. The van der Waals surface area contributed by atoms with Crippen molar-refractivity contribution in [3.8, 4) is 0 Å². The van der Waals surface area contributed by atoms with Crippen LogP contribution in [-0.2, 0) is 0 Å². The van der Waals surface area contributed by atoms with E-state index in [2.05, 4.69) is 16.8 Å². The number of nitrogens with two attached hydrogens (primary N) is 1. The van der Waals surface area contributed by atoms with E-state index in [4.69, 9.17) is 28.9 Å². The van der Waals surface area contributed by atoms with Gasteiger partial charge in [0.25, 0.3) is 0 Å². The molecular formula is C11H15Cl2N3. The zero-order chi connectivity index (χ0) is 11.7. The lowest BCUT2D eigenvalue weighted by molar-refractivity contribution is 0.481. The standard InChI is InChI=1S/C11H15Cl2N3/c1-7-4-2-3-5-16(7)11-9(13)6-8(12)10(14)15-11/h6-7H,2-5H2,1H3,(H2,14,15). The van der Waals surface area contributed by atoms with Gasteiger partial charge in [-0.05, 0) is 32.3 Å². The zero-order valence-corrected chi connectivity index (χ0v) is 10.7. The Labute approximate surface area is 106 Å². The molecule has 88 valence electrons. The third kappa shape index (κ3) is 2.20. The van der Waals surface area contributed by atoms with Crippen LogP contribution in [0.2, 0.25) is 10.0 Å². The fraction of sp³-hybridized carbons (Fsp3) is 0.545. The Morgan fingerprint density at radius 2 is 2.12 bits per heavy atom. The van der Waals surface area contributed by atoms with E-state index < -0.39 is 0 Å². The molecule has 1 aromatic rings. The Morgan fingerprint density at radius 3 is 2.81 bits per heavy atom. The van der Waals surface area contributed by atoms with Crippen LogP contribution in [-0.4, -0.2) is 17.6 Å². The minimum atomic E-state index is 0.346. The van der Waals surface area contributed by atoms with Gasteiger partial charge in [0.15, 0.2) is 0 Å². The van der Waals surface area contributed by atoms with E-state index in [-0.39, 0.29) is 0 Å². The van der Waals surface area contributed by atoms with Crippen molar-refractivity contribution in [3.05, 3.63) is 16.1 Å². The van der Waals surface area contributed by atoms with Crippen molar-refractivity contribution in [3.63, 3.8) is 0 Å². The molecule has 16 heavy (non-hydrogen) atoms. The first-order valence-corrected chi connectivity index (χ1v) is 6.23. The summed E-state index contributed by atoms with van der Waals surface area (Å²) in [6.45, 7) is 3.16. The molecule has 0 amide bonds. The number of hydrogen-bond acceptors (Lipinski definition) is 3. The monoisotopic (exact) mass is 259 g/mol. The molecule has 2 heterocycles. The predicted octanol–water partition coefficient (Wildman–Crippen LogP) is 3.35. The third-order valence-corrected chi connectivity index (χ3v) is 3.59. The van der Waals surface area contributed by atoms with Gasteiger partial charge in [0.05, 0.1) is 10.0 Å². The van der Waals surface area contributed by atoms with Crippen LogP contribution in [0.3, 0.4) is 0 Å². The number of pyridine rings is 1. The summed E-state index contributed by atoms with van der Waals surface area (Å²) in [5, 5.41) is 0.992. The van der Waals surface area contributed by atoms with Gasteiger partial charge in [-0.25, -0.2) is 4.98 Å². The van der Waals surface area contributed by atoms with Gasteiger partial charge in [0.2, 0.25) is 0 Å². The quantitative estimate of drug-likeness (QED) is 0.841. The van der Waals surface area contributed by atoms with E-state index in [1.54, 1.807) is 6.07 Å². The Morgan fingerprint density at radius 1 is 1.38 bits per heavy atom. The summed E-state index contributed by atoms with van der Waals surface area (Å²) in [7, 11) is 0. The lowest BCUT2D eigenvalue weighted by Crippen LogP contribution is -2.38. The molecule has 1 atom stereocenters. The SMILES string of the molecule is CC1CCCCN1c1nc(N)c(Cl)cc1Cl. The second-order valence-electron chi connectivity index (χ2n) is 4.20. The van der Waals surface area contributed by atoms with Gasteiger partial charge in [-0.2, -0.15) is 0 Å². The van der Waals surface area contributed by atoms with Crippen molar-refractivity contribution in [2.75, 3.05) is 17.2 Å². The Balaban J connectivity index is 2.35. The fourth-order valence-electron chi connectivity index (χ4n) is 2.08. The molecule has 5 heteroatoms. The molecule has 1 fully saturated rings. The minimum Gasteiger partial charge on any atom is -0.382 e. The zero-order valence-electron chi connectivity index (χ0n) is 9.21. The van der Waals surface area contributed by atoms with Gasteiger partial charge in [-0.1, -0.05) is 23.2 Å². The highest BCUT2D eigenvalue weighted by Gasteiger charge is 2.22. The van der Waals surface area contributed by atoms with E-state index >= 15 is 0 Å². The minimum absolute atomic E-state index is 0.346. The van der Waals surface area contributed by atoms with Crippen LogP contribution in [0.4, 0.5) is 11.6 Å². The molecule has 1 aromatic heterocycles. The van der Waals surface area contributed by atoms with Crippen molar-refractivity contribution in [1.82, 2.24) is 4.98 Å². The molecule has 3 nitrogen and oxygen atoms in total. The maximum atomic E-state index is 6.16. The van der Waals surface area contributed by atoms with Crippen LogP contribution in [0.1, 0.15) is 26.2 Å². The average molecular weight is 260 g/mol. The second-order valence-corrected chi connectivity index (χ2v) is 5.01. The molecule has 0 saturated carbocycles. The summed E-state index contributed by atoms with van der Waals surface area (Å²) < 4.78 is 0. The lowest BCUT2D eigenvalue weighted by Gasteiger charge is -2.35. The number of nitrogens with zero attached hydrogens (tertiary/aromatic N) is 2. The summed E-state index contributed by atoms with van der Waals surface area (Å²) in [6.07, 6.45) is 3.60. The van der Waals surface area contributed by atoms with E-state index in [1.807, 2.05) is 0 Å². The largest absolute Gasteiger partial charge is 0.382 e. The molecule has 1 aliphatic heterocycles. The number of nitrogen functional groups attached to an aromatic ring is 1. The van der Waals surface area contributed by atoms with E-state index in [0.29, 0.717) is 21.9 Å². The molecule has 1 saturated heterocycles. The molecule has 1 unspecified atom stereocenters. The summed E-state index contributed by atoms with van der Waals surface area (Å²) in [5.41, 5.74) is 5.71. The second kappa shape index (κ2) is 4.68. The summed E-state index contributed by atoms with van der Waals surface area (Å²) >= 11 is 12.0. The van der Waals surface area contributed by atoms with Crippen LogP contribution in [0.15, 0.2) is 6.07 Å². The van der Waals surface area contributed by atoms with Crippen LogP contribution >= 0.6 is 23.2 Å². The molecule has 2 N–H and O–H groups in total. The van der Waals surface area contributed by atoms with E-state index in [0.717, 1.165) is 12.4 Å². The Kier molecular flexibility index (Phi) is 3.45. The Bertz CT molecular complexity index is 395. The van der Waals surface area contributed by atoms with Crippen molar-refractivity contribution in [2.24, 2.45) is 0 Å². The van der Waals surface area contributed by atoms with E-state index in [1.165, 1.54) is 19.3 Å². The first-order chi connectivity index (χ1) is 7.59. The topological polar surface area (TPSA) is 42.2 Å². The van der Waals surface area contributed by atoms with Crippen LogP contribution in [0.5, 0.6) is 0 Å². The van der Waals surface area contributed by atoms with Crippen molar-refractivity contribution < 1.29 is 0 Å². The predicted molar refractivity (Wildman–Crippen MR) is 69.3 cm³/mol. The average Bonchev–Trinajstić information content (AvgIpc) is 2.25. The summed E-state index contributed by atoms with van der Waals surface area (Å²) in [4.78, 5) is 6.49. The number of hydrogen-bond donors (Lipinski definition) is 1. The first kappa shape index (κ1) is 11.8. The fourth-order valence-corrected chi connectivity index (χ4v) is 2.55. The molecule has 0 aliphatic carbocycles. The lowest BCUT2D eigenvalue weighted by atomic mass is 10.0. The van der Waals surface area contributed by atoms with Gasteiger partial charge >= 0.3 is 0 Å². The Hall–Kier alpha value is -0.670. The number of aromatic nitrogens is 1. The molecule has 2 rings (SSSR count). The van der Waals surface area contributed by atoms with Crippen LogP contribution < -0.4 is 10.6 Å². The maximum absolute atomic E-state index is 6.16. The number of halogens is 2. The molecule has 0 bridgehead atoms. The maximum Gasteiger partial charge on any atom is 0.150 e. The number of rotatable bonds is 1. The van der Waals surface area contributed by atoms with Gasteiger partial charge < -0.3 is 10.6 Å². The van der Waals surface area contributed by atoms with Crippen molar-refractivity contribution in [2.45, 2.75) is 32.2 Å². The van der Waals surface area contributed by atoms with Gasteiger partial charge in [0.1, 0.15) is 11.6 Å². The summed E-state index contributed by atoms with van der Waals surface area (Å²) in [5.74, 6) is 1.11. The van der Waals surface area contributed by atoms with Gasteiger partial charge in [-0.3, -0.25) is 0 Å². The first-order valence-electron chi connectivity index (χ1n) is 5.47. The number of piperidine rings is 1. The van der Waals surface area contributed by atoms with Gasteiger partial charge in [-0.15, -0.1) is 0 Å². The van der Waals surface area contributed by atoms with Crippen molar-refractivity contribution >= 4 is 34.8 Å². The van der Waals surface area contributed by atoms with Crippen LogP contribution in [0, 0.1) is 0 Å². The highest BCUT2D eigenvalue weighted by Crippen LogP contribution is 2.33. The van der Waals surface area contributed by atoms with E-state index in [9.17, 15) is 0 Å². The van der Waals surface area contributed by atoms with Crippen molar-refractivity contribution in [1.29, 1.82) is 0 Å². The summed E-state index contributed by atoms with van der Waals surface area (Å²) in [6, 6.07) is 2.13. The highest BCUT2D eigenvalue weighted by atomic mass is 35.5. The third-order valence-electron chi connectivity index (χ3n) is 3.01.